The first-order chi connectivity index (χ1) is 9.76. The van der Waals surface area contributed by atoms with Gasteiger partial charge in [-0.25, -0.2) is 4.39 Å². The Balaban J connectivity index is 2.30. The van der Waals surface area contributed by atoms with Crippen LogP contribution in [-0.4, -0.2) is 6.54 Å². The van der Waals surface area contributed by atoms with Crippen LogP contribution in [0, 0.1) is 5.82 Å². The molecule has 2 nitrogen and oxygen atoms in total. The summed E-state index contributed by atoms with van der Waals surface area (Å²) in [5, 5.41) is 3.42. The quantitative estimate of drug-likeness (QED) is 0.825. The maximum Gasteiger partial charge on any atom is 0.165 e. The van der Waals surface area contributed by atoms with Crippen molar-refractivity contribution < 1.29 is 9.13 Å². The molecule has 2 rings (SSSR count). The third-order valence-electron chi connectivity index (χ3n) is 3.21. The fourth-order valence-corrected chi connectivity index (χ4v) is 2.23. The molecule has 0 aliphatic carbocycles. The van der Waals surface area contributed by atoms with Crippen molar-refractivity contribution in [2.45, 2.75) is 26.3 Å². The summed E-state index contributed by atoms with van der Waals surface area (Å²) in [6.07, 6.45) is 0.950. The van der Waals surface area contributed by atoms with Gasteiger partial charge in [0, 0.05) is 11.6 Å². The lowest BCUT2D eigenvalue weighted by molar-refractivity contribution is 0.425. The maximum atomic E-state index is 13.7. The summed E-state index contributed by atoms with van der Waals surface area (Å²) in [6.45, 7) is 5.07. The highest BCUT2D eigenvalue weighted by Gasteiger charge is 2.14. The van der Waals surface area contributed by atoms with E-state index in [1.54, 1.807) is 18.2 Å². The standard InChI is InChI=1S/C17H20FNO/c1-3-15(19-4-2)13-9-5-7-11-16(13)20-17-12-8-6-10-14(17)18/h5-12,15,19H,3-4H2,1-2H3. The van der Waals surface area contributed by atoms with Gasteiger partial charge in [-0.3, -0.25) is 0 Å². The van der Waals surface area contributed by atoms with Gasteiger partial charge in [0.15, 0.2) is 11.6 Å². The second kappa shape index (κ2) is 7.06. The molecular formula is C17H20FNO. The van der Waals surface area contributed by atoms with E-state index >= 15 is 0 Å². The summed E-state index contributed by atoms with van der Waals surface area (Å²) in [6, 6.07) is 14.4. The van der Waals surface area contributed by atoms with Crippen molar-refractivity contribution in [1.29, 1.82) is 0 Å². The molecule has 1 atom stereocenters. The second-order valence-electron chi connectivity index (χ2n) is 4.59. The van der Waals surface area contributed by atoms with Gasteiger partial charge in [0.2, 0.25) is 0 Å². The van der Waals surface area contributed by atoms with Crippen molar-refractivity contribution in [3.05, 3.63) is 59.9 Å². The Hall–Kier alpha value is -1.87. The van der Waals surface area contributed by atoms with Gasteiger partial charge in [-0.1, -0.05) is 44.2 Å². The number of rotatable bonds is 6. The molecule has 0 aliphatic rings. The Labute approximate surface area is 119 Å². The van der Waals surface area contributed by atoms with Crippen LogP contribution in [0.4, 0.5) is 4.39 Å². The van der Waals surface area contributed by atoms with E-state index in [1.807, 2.05) is 24.3 Å². The number of hydrogen-bond acceptors (Lipinski definition) is 2. The fraction of sp³-hybridized carbons (Fsp3) is 0.294. The van der Waals surface area contributed by atoms with Gasteiger partial charge in [0.05, 0.1) is 0 Å². The number of benzene rings is 2. The van der Waals surface area contributed by atoms with Crippen molar-refractivity contribution in [3.8, 4) is 11.5 Å². The Morgan fingerprint density at radius 3 is 2.30 bits per heavy atom. The van der Waals surface area contributed by atoms with Gasteiger partial charge in [0.25, 0.3) is 0 Å². The van der Waals surface area contributed by atoms with Crippen LogP contribution in [0.5, 0.6) is 11.5 Å². The average molecular weight is 273 g/mol. The predicted octanol–water partition coefficient (Wildman–Crippen LogP) is 4.68. The van der Waals surface area contributed by atoms with E-state index in [-0.39, 0.29) is 17.6 Å². The van der Waals surface area contributed by atoms with Crippen molar-refractivity contribution in [2.75, 3.05) is 6.54 Å². The van der Waals surface area contributed by atoms with E-state index in [0.717, 1.165) is 18.5 Å². The third-order valence-corrected chi connectivity index (χ3v) is 3.21. The zero-order chi connectivity index (χ0) is 14.4. The molecule has 2 aromatic rings. The van der Waals surface area contributed by atoms with Gasteiger partial charge in [-0.15, -0.1) is 0 Å². The van der Waals surface area contributed by atoms with Crippen LogP contribution in [0.25, 0.3) is 0 Å². The minimum Gasteiger partial charge on any atom is -0.454 e. The van der Waals surface area contributed by atoms with Gasteiger partial charge >= 0.3 is 0 Å². The zero-order valence-corrected chi connectivity index (χ0v) is 11.9. The van der Waals surface area contributed by atoms with Crippen molar-refractivity contribution >= 4 is 0 Å². The van der Waals surface area contributed by atoms with Crippen LogP contribution in [0.2, 0.25) is 0 Å². The first-order valence-electron chi connectivity index (χ1n) is 7.01. The smallest absolute Gasteiger partial charge is 0.165 e. The van der Waals surface area contributed by atoms with Crippen molar-refractivity contribution in [3.63, 3.8) is 0 Å². The number of halogens is 1. The summed E-state index contributed by atoms with van der Waals surface area (Å²) < 4.78 is 19.5. The monoisotopic (exact) mass is 273 g/mol. The van der Waals surface area contributed by atoms with E-state index in [2.05, 4.69) is 19.2 Å². The molecule has 0 aromatic heterocycles. The third kappa shape index (κ3) is 3.36. The van der Waals surface area contributed by atoms with Crippen LogP contribution < -0.4 is 10.1 Å². The largest absolute Gasteiger partial charge is 0.454 e. The highest BCUT2D eigenvalue weighted by Crippen LogP contribution is 2.31. The van der Waals surface area contributed by atoms with Crippen LogP contribution in [0.15, 0.2) is 48.5 Å². The zero-order valence-electron chi connectivity index (χ0n) is 11.9. The molecule has 0 saturated carbocycles. The Bertz CT molecular complexity index is 556. The Morgan fingerprint density at radius 2 is 1.65 bits per heavy atom. The molecule has 106 valence electrons. The summed E-state index contributed by atoms with van der Waals surface area (Å²) in [7, 11) is 0. The molecule has 2 aromatic carbocycles. The number of hydrogen-bond donors (Lipinski definition) is 1. The summed E-state index contributed by atoms with van der Waals surface area (Å²) in [5.41, 5.74) is 1.06. The van der Waals surface area contributed by atoms with E-state index in [0.29, 0.717) is 5.75 Å². The lowest BCUT2D eigenvalue weighted by Crippen LogP contribution is -2.20. The minimum atomic E-state index is -0.348. The molecule has 0 saturated heterocycles. The van der Waals surface area contributed by atoms with E-state index < -0.39 is 0 Å². The molecule has 0 heterocycles. The van der Waals surface area contributed by atoms with E-state index in [1.165, 1.54) is 6.07 Å². The highest BCUT2D eigenvalue weighted by atomic mass is 19.1. The normalized spacial score (nSPS) is 12.2. The molecule has 0 bridgehead atoms. The molecule has 0 amide bonds. The number of ether oxygens (including phenoxy) is 1. The summed E-state index contributed by atoms with van der Waals surface area (Å²) in [4.78, 5) is 0. The van der Waals surface area contributed by atoms with E-state index in [4.69, 9.17) is 4.74 Å². The molecule has 0 aliphatic heterocycles. The lowest BCUT2D eigenvalue weighted by Gasteiger charge is -2.20. The number of para-hydroxylation sites is 2. The second-order valence-corrected chi connectivity index (χ2v) is 4.59. The topological polar surface area (TPSA) is 21.3 Å². The van der Waals surface area contributed by atoms with Gasteiger partial charge < -0.3 is 10.1 Å². The van der Waals surface area contributed by atoms with Crippen LogP contribution in [0.3, 0.4) is 0 Å². The maximum absolute atomic E-state index is 13.7. The molecule has 3 heteroatoms. The van der Waals surface area contributed by atoms with Crippen molar-refractivity contribution in [1.82, 2.24) is 5.32 Å². The van der Waals surface area contributed by atoms with Gasteiger partial charge in [-0.05, 0) is 31.2 Å². The Kier molecular flexibility index (Phi) is 5.13. The summed E-state index contributed by atoms with van der Waals surface area (Å²) in [5.74, 6) is 0.607. The highest BCUT2D eigenvalue weighted by molar-refractivity contribution is 5.40. The van der Waals surface area contributed by atoms with Crippen LogP contribution in [0.1, 0.15) is 31.9 Å². The number of nitrogens with one attached hydrogen (secondary N) is 1. The SMILES string of the molecule is CCNC(CC)c1ccccc1Oc1ccccc1F. The minimum absolute atomic E-state index is 0.211. The molecule has 0 spiro atoms. The average Bonchev–Trinajstić information content (AvgIpc) is 2.48. The molecular weight excluding hydrogens is 253 g/mol. The molecule has 1 N–H and O–H groups in total. The lowest BCUT2D eigenvalue weighted by atomic mass is 10.0. The predicted molar refractivity (Wildman–Crippen MR) is 79.6 cm³/mol. The van der Waals surface area contributed by atoms with Gasteiger partial charge in [-0.2, -0.15) is 0 Å². The summed E-state index contributed by atoms with van der Waals surface area (Å²) >= 11 is 0. The van der Waals surface area contributed by atoms with Crippen LogP contribution >= 0.6 is 0 Å². The van der Waals surface area contributed by atoms with Crippen molar-refractivity contribution in [2.24, 2.45) is 0 Å². The fourth-order valence-electron chi connectivity index (χ4n) is 2.23. The Morgan fingerprint density at radius 1 is 1.00 bits per heavy atom. The van der Waals surface area contributed by atoms with Crippen LogP contribution in [-0.2, 0) is 0 Å². The first-order valence-corrected chi connectivity index (χ1v) is 7.01. The molecule has 0 fully saturated rings. The van der Waals surface area contributed by atoms with Gasteiger partial charge in [0.1, 0.15) is 5.75 Å². The van der Waals surface area contributed by atoms with E-state index in [9.17, 15) is 4.39 Å². The molecule has 1 unspecified atom stereocenters. The first kappa shape index (κ1) is 14.5. The molecule has 0 radical (unpaired) electrons. The molecule has 20 heavy (non-hydrogen) atoms.